The van der Waals surface area contributed by atoms with Crippen LogP contribution in [0.1, 0.15) is 16.7 Å². The maximum Gasteiger partial charge on any atom is 0.187 e. The number of hydrogen-bond acceptors (Lipinski definition) is 0. The zero-order chi connectivity index (χ0) is 23.7. The SMILES string of the molecule is C#Cc1ccccc1.[C-]#[N+]c1ccc(C#Cc2ccccc2)cc1.[C-]#[N+]c1ccc(I)cc1. The Morgan fingerprint density at radius 1 is 0.545 bits per heavy atom. The normalized spacial score (nSPS) is 8.42. The molecule has 0 amide bonds. The molecule has 33 heavy (non-hydrogen) atoms. The van der Waals surface area contributed by atoms with Gasteiger partial charge in [0.25, 0.3) is 0 Å². The molecule has 0 bridgehead atoms. The summed E-state index contributed by atoms with van der Waals surface area (Å²) in [7, 11) is 0. The van der Waals surface area contributed by atoms with Crippen molar-refractivity contribution in [3.8, 4) is 24.2 Å². The van der Waals surface area contributed by atoms with Gasteiger partial charge in [-0.2, -0.15) is 0 Å². The van der Waals surface area contributed by atoms with Crippen molar-refractivity contribution in [1.82, 2.24) is 0 Å². The lowest BCUT2D eigenvalue weighted by atomic mass is 10.2. The van der Waals surface area contributed by atoms with Crippen molar-refractivity contribution in [2.45, 2.75) is 0 Å². The minimum absolute atomic E-state index is 0.644. The molecule has 0 saturated carbocycles. The highest BCUT2D eigenvalue weighted by atomic mass is 127. The van der Waals surface area contributed by atoms with Gasteiger partial charge in [0.05, 0.1) is 13.1 Å². The molecule has 0 saturated heterocycles. The predicted molar refractivity (Wildman–Crippen MR) is 145 cm³/mol. The minimum atomic E-state index is 0.644. The smallest absolute Gasteiger partial charge is 0.187 e. The summed E-state index contributed by atoms with van der Waals surface area (Å²) in [6.45, 7) is 13.5. The molecule has 3 heteroatoms. The number of halogens is 1. The van der Waals surface area contributed by atoms with Gasteiger partial charge in [-0.15, -0.1) is 6.42 Å². The topological polar surface area (TPSA) is 8.72 Å². The van der Waals surface area contributed by atoms with Crippen LogP contribution in [0.25, 0.3) is 9.69 Å². The van der Waals surface area contributed by atoms with E-state index in [1.165, 1.54) is 3.57 Å². The molecule has 156 valence electrons. The highest BCUT2D eigenvalue weighted by Crippen LogP contribution is 2.13. The Bertz CT molecular complexity index is 1310. The van der Waals surface area contributed by atoms with Crippen LogP contribution in [0.3, 0.4) is 0 Å². The molecule has 0 radical (unpaired) electrons. The van der Waals surface area contributed by atoms with Crippen LogP contribution >= 0.6 is 22.6 Å². The first-order chi connectivity index (χ1) is 16.1. The van der Waals surface area contributed by atoms with E-state index >= 15 is 0 Å². The van der Waals surface area contributed by atoms with Crippen LogP contribution in [0.4, 0.5) is 11.4 Å². The zero-order valence-corrected chi connectivity index (χ0v) is 19.9. The quantitative estimate of drug-likeness (QED) is 0.122. The number of rotatable bonds is 0. The van der Waals surface area contributed by atoms with Gasteiger partial charge in [0.2, 0.25) is 0 Å². The van der Waals surface area contributed by atoms with Gasteiger partial charge in [0, 0.05) is 20.3 Å². The summed E-state index contributed by atoms with van der Waals surface area (Å²) in [4.78, 5) is 6.59. The second-order valence-electron chi connectivity index (χ2n) is 6.37. The van der Waals surface area contributed by atoms with Gasteiger partial charge in [-0.05, 0) is 46.9 Å². The molecule has 0 spiro atoms. The first kappa shape index (κ1) is 25.0. The van der Waals surface area contributed by atoms with E-state index in [2.05, 4.69) is 50.0 Å². The molecule has 0 heterocycles. The molecule has 0 aliphatic heterocycles. The van der Waals surface area contributed by atoms with Crippen LogP contribution in [0, 0.1) is 40.9 Å². The molecule has 4 aromatic rings. The van der Waals surface area contributed by atoms with Crippen molar-refractivity contribution in [3.05, 3.63) is 152 Å². The van der Waals surface area contributed by atoms with E-state index in [1.807, 2.05) is 97.1 Å². The van der Waals surface area contributed by atoms with Crippen molar-refractivity contribution in [2.24, 2.45) is 0 Å². The summed E-state index contributed by atoms with van der Waals surface area (Å²) in [6, 6.07) is 34.2. The molecule has 0 fully saturated rings. The van der Waals surface area contributed by atoms with E-state index in [4.69, 9.17) is 19.6 Å². The third-order valence-corrected chi connectivity index (χ3v) is 4.74. The van der Waals surface area contributed by atoms with Crippen molar-refractivity contribution in [1.29, 1.82) is 0 Å². The number of terminal acetylenes is 1. The molecular weight excluding hydrogens is 515 g/mol. The van der Waals surface area contributed by atoms with Crippen LogP contribution in [-0.4, -0.2) is 0 Å². The fourth-order valence-corrected chi connectivity index (χ4v) is 2.69. The third-order valence-electron chi connectivity index (χ3n) is 4.02. The largest absolute Gasteiger partial charge is 0.238 e. The van der Waals surface area contributed by atoms with E-state index in [-0.39, 0.29) is 0 Å². The van der Waals surface area contributed by atoms with Gasteiger partial charge in [-0.25, -0.2) is 9.69 Å². The van der Waals surface area contributed by atoms with Gasteiger partial charge in [-0.1, -0.05) is 103 Å². The Kier molecular flexibility index (Phi) is 11.1. The molecule has 0 N–H and O–H groups in total. The Morgan fingerprint density at radius 2 is 0.939 bits per heavy atom. The van der Waals surface area contributed by atoms with Crippen molar-refractivity contribution in [3.63, 3.8) is 0 Å². The van der Waals surface area contributed by atoms with Crippen molar-refractivity contribution in [2.75, 3.05) is 0 Å². The Labute approximate surface area is 209 Å². The molecule has 0 unspecified atom stereocenters. The van der Waals surface area contributed by atoms with Crippen molar-refractivity contribution < 1.29 is 0 Å². The Balaban J connectivity index is 0.000000192. The highest BCUT2D eigenvalue weighted by Gasteiger charge is 1.89. The molecule has 4 aromatic carbocycles. The maximum absolute atomic E-state index is 6.84. The molecule has 0 aliphatic rings. The van der Waals surface area contributed by atoms with E-state index in [0.717, 1.165) is 16.7 Å². The fraction of sp³-hybridized carbons (Fsp3) is 0. The average Bonchev–Trinajstić information content (AvgIpc) is 2.90. The Hall–Kier alpha value is -4.29. The van der Waals surface area contributed by atoms with E-state index < -0.39 is 0 Å². The lowest BCUT2D eigenvalue weighted by Crippen LogP contribution is -1.74. The summed E-state index contributed by atoms with van der Waals surface area (Å²) in [5, 5.41) is 0. The number of nitrogens with zero attached hydrogens (tertiary/aromatic N) is 2. The van der Waals surface area contributed by atoms with Gasteiger partial charge in [0.15, 0.2) is 11.4 Å². The second-order valence-corrected chi connectivity index (χ2v) is 7.62. The molecule has 0 aliphatic carbocycles. The van der Waals surface area contributed by atoms with Crippen LogP contribution in [0.2, 0.25) is 0 Å². The molecule has 4 rings (SSSR count). The van der Waals surface area contributed by atoms with Crippen LogP contribution in [0.5, 0.6) is 0 Å². The fourth-order valence-electron chi connectivity index (χ4n) is 2.34. The van der Waals surface area contributed by atoms with Crippen LogP contribution in [-0.2, 0) is 0 Å². The Morgan fingerprint density at radius 3 is 1.33 bits per heavy atom. The molecule has 2 nitrogen and oxygen atoms in total. The number of hydrogen-bond donors (Lipinski definition) is 0. The maximum atomic E-state index is 6.84. The lowest BCUT2D eigenvalue weighted by Gasteiger charge is -1.90. The van der Waals surface area contributed by atoms with Gasteiger partial charge in [-0.3, -0.25) is 0 Å². The van der Waals surface area contributed by atoms with E-state index in [0.29, 0.717) is 11.4 Å². The molecular formula is C30H19IN2. The summed E-state index contributed by atoms with van der Waals surface area (Å²) >= 11 is 2.21. The zero-order valence-electron chi connectivity index (χ0n) is 17.7. The van der Waals surface area contributed by atoms with E-state index in [9.17, 15) is 0 Å². The van der Waals surface area contributed by atoms with E-state index in [1.54, 1.807) is 12.1 Å². The summed E-state index contributed by atoms with van der Waals surface area (Å²) in [5.41, 5.74) is 4.21. The number of benzene rings is 4. The van der Waals surface area contributed by atoms with Crippen LogP contribution in [0.15, 0.2) is 109 Å². The highest BCUT2D eigenvalue weighted by molar-refractivity contribution is 14.1. The monoisotopic (exact) mass is 534 g/mol. The lowest BCUT2D eigenvalue weighted by molar-refractivity contribution is 1.63. The first-order valence-electron chi connectivity index (χ1n) is 9.84. The standard InChI is InChI=1S/C15H9N.C8H6.C7H4IN/c1-16-15-11-9-14(10-12-15)8-7-13-5-3-2-4-6-13;1-2-8-6-4-3-5-7-8;1-9-7-4-2-6(8)3-5-7/h2-6,9-12H;1,3-7H;2-5H. The molecule has 0 aromatic heterocycles. The molecule has 0 atom stereocenters. The summed E-state index contributed by atoms with van der Waals surface area (Å²) < 4.78 is 1.17. The second kappa shape index (κ2) is 14.7. The summed E-state index contributed by atoms with van der Waals surface area (Å²) in [5.74, 6) is 8.66. The predicted octanol–water partition coefficient (Wildman–Crippen LogP) is 8.15. The average molecular weight is 534 g/mol. The summed E-state index contributed by atoms with van der Waals surface area (Å²) in [6.07, 6.45) is 5.10. The van der Waals surface area contributed by atoms with Crippen LogP contribution < -0.4 is 0 Å². The van der Waals surface area contributed by atoms with Crippen molar-refractivity contribution >= 4 is 34.0 Å². The minimum Gasteiger partial charge on any atom is -0.238 e. The van der Waals surface area contributed by atoms with Gasteiger partial charge in [0.1, 0.15) is 0 Å². The van der Waals surface area contributed by atoms with Gasteiger partial charge < -0.3 is 0 Å². The third kappa shape index (κ3) is 10.0. The van der Waals surface area contributed by atoms with Gasteiger partial charge >= 0.3 is 0 Å². The first-order valence-corrected chi connectivity index (χ1v) is 10.9.